The summed E-state index contributed by atoms with van der Waals surface area (Å²) in [6.45, 7) is 3.10. The van der Waals surface area contributed by atoms with Crippen molar-refractivity contribution in [3.05, 3.63) is 27.5 Å². The fraction of sp³-hybridized carbons (Fsp3) is 0.222. The SMILES string of the molecule is CC(=O)c1cc(C(=N)[O-])c(=S)[nH]c1C. The number of H-pyrrole nitrogens is 1. The molecule has 1 aromatic heterocycles. The minimum absolute atomic E-state index is 0.0656. The van der Waals surface area contributed by atoms with Crippen LogP contribution in [0, 0.1) is 17.0 Å². The van der Waals surface area contributed by atoms with Crippen LogP contribution in [0.2, 0.25) is 0 Å². The first kappa shape index (κ1) is 10.6. The van der Waals surface area contributed by atoms with Gasteiger partial charge in [-0.3, -0.25) is 4.79 Å². The van der Waals surface area contributed by atoms with Crippen molar-refractivity contribution in [1.29, 1.82) is 5.41 Å². The van der Waals surface area contributed by atoms with E-state index < -0.39 is 5.90 Å². The van der Waals surface area contributed by atoms with Crippen molar-refractivity contribution in [2.24, 2.45) is 0 Å². The predicted octanol–water partition coefficient (Wildman–Crippen LogP) is 0.941. The summed E-state index contributed by atoms with van der Waals surface area (Å²) in [7, 11) is 0. The second kappa shape index (κ2) is 3.71. The Hall–Kier alpha value is -1.49. The summed E-state index contributed by atoms with van der Waals surface area (Å²) in [6, 6.07) is 1.37. The Bertz CT molecular complexity index is 462. The molecule has 0 aromatic carbocycles. The second-order valence-corrected chi connectivity index (χ2v) is 3.34. The van der Waals surface area contributed by atoms with E-state index >= 15 is 0 Å². The van der Waals surface area contributed by atoms with Crippen LogP contribution < -0.4 is 5.11 Å². The van der Waals surface area contributed by atoms with Gasteiger partial charge in [-0.05, 0) is 25.8 Å². The molecule has 5 heteroatoms. The minimum Gasteiger partial charge on any atom is -0.859 e. The van der Waals surface area contributed by atoms with E-state index in [0.29, 0.717) is 11.3 Å². The number of carbonyl (C=O) groups excluding carboxylic acids is 1. The van der Waals surface area contributed by atoms with Crippen LogP contribution in [0.15, 0.2) is 6.07 Å². The van der Waals surface area contributed by atoms with E-state index in [9.17, 15) is 9.90 Å². The minimum atomic E-state index is -0.881. The lowest BCUT2D eigenvalue weighted by molar-refractivity contribution is -0.214. The van der Waals surface area contributed by atoms with Gasteiger partial charge in [0.2, 0.25) is 0 Å². The second-order valence-electron chi connectivity index (χ2n) is 2.94. The van der Waals surface area contributed by atoms with Crippen LogP contribution in [-0.2, 0) is 0 Å². The third-order valence-electron chi connectivity index (χ3n) is 1.86. The van der Waals surface area contributed by atoms with Gasteiger partial charge >= 0.3 is 0 Å². The van der Waals surface area contributed by atoms with E-state index in [2.05, 4.69) is 4.98 Å². The molecule has 0 bridgehead atoms. The molecule has 1 rings (SSSR count). The van der Waals surface area contributed by atoms with Crippen LogP contribution in [0.4, 0.5) is 0 Å². The van der Waals surface area contributed by atoms with E-state index in [1.807, 2.05) is 0 Å². The Balaban J connectivity index is 3.50. The van der Waals surface area contributed by atoms with Gasteiger partial charge in [0, 0.05) is 16.8 Å². The Labute approximate surface area is 86.1 Å². The zero-order valence-electron chi connectivity index (χ0n) is 7.80. The van der Waals surface area contributed by atoms with E-state index in [-0.39, 0.29) is 16.0 Å². The van der Waals surface area contributed by atoms with Crippen molar-refractivity contribution < 1.29 is 9.90 Å². The molecule has 4 nitrogen and oxygen atoms in total. The third kappa shape index (κ3) is 1.88. The lowest BCUT2D eigenvalue weighted by Gasteiger charge is -2.10. The fourth-order valence-corrected chi connectivity index (χ4v) is 1.46. The molecular weight excluding hydrogens is 200 g/mol. The molecule has 0 saturated carbocycles. The molecule has 0 aliphatic rings. The molecule has 0 atom stereocenters. The Morgan fingerprint density at radius 2 is 2.14 bits per heavy atom. The summed E-state index contributed by atoms with van der Waals surface area (Å²) in [5, 5.41) is 17.8. The highest BCUT2D eigenvalue weighted by atomic mass is 32.1. The quantitative estimate of drug-likeness (QED) is 0.329. The number of rotatable bonds is 2. The number of hydrogen-bond acceptors (Lipinski definition) is 4. The third-order valence-corrected chi connectivity index (χ3v) is 2.18. The Morgan fingerprint density at radius 3 is 2.57 bits per heavy atom. The molecular formula is C9H9N2O2S-. The van der Waals surface area contributed by atoms with Gasteiger partial charge in [-0.15, -0.1) is 0 Å². The molecule has 0 aliphatic heterocycles. The van der Waals surface area contributed by atoms with Gasteiger partial charge in [0.25, 0.3) is 0 Å². The van der Waals surface area contributed by atoms with Crippen LogP contribution in [0.1, 0.15) is 28.5 Å². The number of aryl methyl sites for hydroxylation is 1. The first-order valence-corrected chi connectivity index (χ1v) is 4.35. The lowest BCUT2D eigenvalue weighted by Crippen LogP contribution is -2.19. The van der Waals surface area contributed by atoms with Crippen molar-refractivity contribution in [2.45, 2.75) is 13.8 Å². The smallest absolute Gasteiger partial charge is 0.161 e. The van der Waals surface area contributed by atoms with E-state index in [1.54, 1.807) is 6.92 Å². The highest BCUT2D eigenvalue weighted by molar-refractivity contribution is 7.71. The maximum Gasteiger partial charge on any atom is 0.161 e. The summed E-state index contributed by atoms with van der Waals surface area (Å²) in [6.07, 6.45) is 0. The highest BCUT2D eigenvalue weighted by Gasteiger charge is 2.06. The molecule has 0 fully saturated rings. The average Bonchev–Trinajstić information content (AvgIpc) is 2.02. The number of aromatic nitrogens is 1. The number of aromatic amines is 1. The first-order chi connectivity index (χ1) is 6.43. The zero-order chi connectivity index (χ0) is 10.9. The molecule has 2 N–H and O–H groups in total. The van der Waals surface area contributed by atoms with E-state index in [4.69, 9.17) is 17.6 Å². The molecule has 74 valence electrons. The van der Waals surface area contributed by atoms with Gasteiger partial charge in [0.05, 0.1) is 0 Å². The van der Waals surface area contributed by atoms with Crippen molar-refractivity contribution >= 4 is 23.9 Å². The summed E-state index contributed by atoms with van der Waals surface area (Å²) in [5.41, 5.74) is 1.08. The number of hydrogen-bond donors (Lipinski definition) is 2. The number of carbonyl (C=O) groups is 1. The summed E-state index contributed by atoms with van der Waals surface area (Å²) < 4.78 is 0.201. The van der Waals surface area contributed by atoms with Gasteiger partial charge in [-0.25, -0.2) is 0 Å². The summed E-state index contributed by atoms with van der Waals surface area (Å²) >= 11 is 4.85. The van der Waals surface area contributed by atoms with E-state index in [1.165, 1.54) is 13.0 Å². The van der Waals surface area contributed by atoms with Crippen molar-refractivity contribution in [2.75, 3.05) is 0 Å². The Morgan fingerprint density at radius 1 is 1.57 bits per heavy atom. The van der Waals surface area contributed by atoms with Gasteiger partial charge in [0.15, 0.2) is 5.78 Å². The molecule has 1 aromatic rings. The van der Waals surface area contributed by atoms with Crippen LogP contribution in [-0.4, -0.2) is 16.7 Å². The van der Waals surface area contributed by atoms with Crippen LogP contribution in [0.5, 0.6) is 0 Å². The van der Waals surface area contributed by atoms with E-state index in [0.717, 1.165) is 0 Å². The molecule has 0 amide bonds. The van der Waals surface area contributed by atoms with Gasteiger partial charge < -0.3 is 15.5 Å². The molecule has 0 spiro atoms. The fourth-order valence-electron chi connectivity index (χ4n) is 1.16. The van der Waals surface area contributed by atoms with Gasteiger partial charge in [-0.1, -0.05) is 12.2 Å². The highest BCUT2D eigenvalue weighted by Crippen LogP contribution is 2.10. The zero-order valence-corrected chi connectivity index (χ0v) is 8.62. The number of pyridine rings is 1. The van der Waals surface area contributed by atoms with Crippen molar-refractivity contribution in [1.82, 2.24) is 4.98 Å². The largest absolute Gasteiger partial charge is 0.859 e. The van der Waals surface area contributed by atoms with Crippen molar-refractivity contribution in [3.63, 3.8) is 0 Å². The standard InChI is InChI=1S/C9H10N2O2S/c1-4-6(5(2)12)3-7(8(10)13)9(14)11-4/h3H,1-2H3,(H2,10,13)(H,11,14)/p-1. The lowest BCUT2D eigenvalue weighted by atomic mass is 10.1. The van der Waals surface area contributed by atoms with Crippen LogP contribution >= 0.6 is 12.2 Å². The molecule has 0 radical (unpaired) electrons. The number of ketones is 1. The van der Waals surface area contributed by atoms with Gasteiger partial charge in [-0.2, -0.15) is 0 Å². The maximum absolute atomic E-state index is 11.1. The molecule has 14 heavy (non-hydrogen) atoms. The summed E-state index contributed by atoms with van der Waals surface area (Å²) in [4.78, 5) is 13.8. The average molecular weight is 209 g/mol. The van der Waals surface area contributed by atoms with Crippen LogP contribution in [0.25, 0.3) is 0 Å². The first-order valence-electron chi connectivity index (χ1n) is 3.94. The molecule has 0 unspecified atom stereocenters. The van der Waals surface area contributed by atoms with Crippen LogP contribution in [0.3, 0.4) is 0 Å². The summed E-state index contributed by atoms with van der Waals surface area (Å²) in [5.74, 6) is -1.04. The predicted molar refractivity (Wildman–Crippen MR) is 53.2 cm³/mol. The normalized spacial score (nSPS) is 9.86. The molecule has 0 aliphatic carbocycles. The Kier molecular flexibility index (Phi) is 2.81. The topological polar surface area (TPSA) is 79.8 Å². The molecule has 0 saturated heterocycles. The van der Waals surface area contributed by atoms with Crippen molar-refractivity contribution in [3.8, 4) is 0 Å². The maximum atomic E-state index is 11.1. The monoisotopic (exact) mass is 209 g/mol. The number of Topliss-reactive ketones (excluding diaryl/α,β-unsaturated/α-hetero) is 1. The van der Waals surface area contributed by atoms with Gasteiger partial charge in [0.1, 0.15) is 4.64 Å². The molecule has 1 heterocycles. The number of nitrogens with one attached hydrogen (secondary N) is 2.